The Morgan fingerprint density at radius 3 is 2.30 bits per heavy atom. The number of fused-ring (bicyclic) bond motifs is 1. The maximum absolute atomic E-state index is 12.5. The lowest BCUT2D eigenvalue weighted by Crippen LogP contribution is -2.24. The van der Waals surface area contributed by atoms with Gasteiger partial charge in [-0.1, -0.05) is 30.3 Å². The van der Waals surface area contributed by atoms with Crippen LogP contribution in [-0.4, -0.2) is 15.3 Å². The van der Waals surface area contributed by atoms with Crippen LogP contribution in [-0.2, 0) is 6.54 Å². The predicted molar refractivity (Wildman–Crippen MR) is 103 cm³/mol. The van der Waals surface area contributed by atoms with E-state index in [-0.39, 0.29) is 17.9 Å². The molecule has 5 heteroatoms. The van der Waals surface area contributed by atoms with Gasteiger partial charge in [0.15, 0.2) is 5.78 Å². The highest BCUT2D eigenvalue weighted by Gasteiger charge is 2.10. The molecule has 0 bridgehead atoms. The van der Waals surface area contributed by atoms with Gasteiger partial charge in [0.25, 0.3) is 5.56 Å². The number of carbonyl (C=O) groups excluding carboxylic acids is 1. The molecule has 0 saturated carbocycles. The number of rotatable bonds is 5. The van der Waals surface area contributed by atoms with E-state index in [0.29, 0.717) is 22.2 Å². The average molecular weight is 356 g/mol. The minimum atomic E-state index is -0.224. The van der Waals surface area contributed by atoms with E-state index >= 15 is 0 Å². The number of ether oxygens (including phenoxy) is 1. The van der Waals surface area contributed by atoms with E-state index in [9.17, 15) is 9.59 Å². The lowest BCUT2D eigenvalue weighted by atomic mass is 10.1. The molecule has 1 heterocycles. The van der Waals surface area contributed by atoms with Crippen molar-refractivity contribution in [3.8, 4) is 11.5 Å². The van der Waals surface area contributed by atoms with Crippen LogP contribution in [0.3, 0.4) is 0 Å². The largest absolute Gasteiger partial charge is 0.457 e. The molecule has 4 rings (SSSR count). The van der Waals surface area contributed by atoms with Crippen molar-refractivity contribution in [1.82, 2.24) is 9.55 Å². The van der Waals surface area contributed by atoms with E-state index in [4.69, 9.17) is 4.74 Å². The van der Waals surface area contributed by atoms with Crippen molar-refractivity contribution in [2.45, 2.75) is 6.54 Å². The van der Waals surface area contributed by atoms with Gasteiger partial charge in [-0.25, -0.2) is 4.98 Å². The van der Waals surface area contributed by atoms with Gasteiger partial charge in [-0.2, -0.15) is 0 Å². The van der Waals surface area contributed by atoms with Crippen LogP contribution < -0.4 is 10.3 Å². The summed E-state index contributed by atoms with van der Waals surface area (Å²) >= 11 is 0. The van der Waals surface area contributed by atoms with Crippen molar-refractivity contribution in [2.75, 3.05) is 0 Å². The van der Waals surface area contributed by atoms with Crippen molar-refractivity contribution >= 4 is 16.7 Å². The number of hydrogen-bond donors (Lipinski definition) is 0. The molecule has 0 aliphatic heterocycles. The number of hydrogen-bond acceptors (Lipinski definition) is 4. The quantitative estimate of drug-likeness (QED) is 0.506. The first-order valence-electron chi connectivity index (χ1n) is 8.51. The Labute approximate surface area is 155 Å². The lowest BCUT2D eigenvalue weighted by Gasteiger charge is -2.08. The third-order valence-electron chi connectivity index (χ3n) is 4.20. The summed E-state index contributed by atoms with van der Waals surface area (Å²) < 4.78 is 7.05. The molecule has 132 valence electrons. The standard InChI is InChI=1S/C22H16N2O3/c25-21(14-24-15-23-20-9-5-4-8-19(20)22(24)26)16-10-12-18(13-11-16)27-17-6-2-1-3-7-17/h1-13,15H,14H2. The molecule has 5 nitrogen and oxygen atoms in total. The summed E-state index contributed by atoms with van der Waals surface area (Å²) in [5.74, 6) is 1.20. The summed E-state index contributed by atoms with van der Waals surface area (Å²) in [6.45, 7) is -0.0600. The van der Waals surface area contributed by atoms with Crippen molar-refractivity contribution in [1.29, 1.82) is 0 Å². The minimum absolute atomic E-state index is 0.0600. The van der Waals surface area contributed by atoms with Crippen LogP contribution in [0.4, 0.5) is 0 Å². The molecule has 0 spiro atoms. The molecular formula is C22H16N2O3. The molecule has 0 saturated heterocycles. The van der Waals surface area contributed by atoms with E-state index in [1.807, 2.05) is 36.4 Å². The molecule has 1 aromatic heterocycles. The number of benzene rings is 3. The molecule has 0 amide bonds. The molecule has 0 aliphatic carbocycles. The highest BCUT2D eigenvalue weighted by atomic mass is 16.5. The maximum atomic E-state index is 12.5. The molecule has 0 atom stereocenters. The van der Waals surface area contributed by atoms with Crippen LogP contribution in [0.1, 0.15) is 10.4 Å². The first-order valence-corrected chi connectivity index (χ1v) is 8.51. The molecule has 4 aromatic rings. The smallest absolute Gasteiger partial charge is 0.261 e. The highest BCUT2D eigenvalue weighted by molar-refractivity contribution is 5.96. The Bertz CT molecular complexity index is 1150. The van der Waals surface area contributed by atoms with Gasteiger partial charge in [0.1, 0.15) is 11.5 Å². The summed E-state index contributed by atoms with van der Waals surface area (Å²) in [5, 5.41) is 0.499. The Kier molecular flexibility index (Phi) is 4.49. The van der Waals surface area contributed by atoms with Gasteiger partial charge in [-0.15, -0.1) is 0 Å². The van der Waals surface area contributed by atoms with E-state index in [1.165, 1.54) is 10.9 Å². The van der Waals surface area contributed by atoms with Gasteiger partial charge < -0.3 is 4.74 Å². The average Bonchev–Trinajstić information content (AvgIpc) is 2.71. The first-order chi connectivity index (χ1) is 13.2. The van der Waals surface area contributed by atoms with E-state index < -0.39 is 0 Å². The third kappa shape index (κ3) is 3.62. The first kappa shape index (κ1) is 16.7. The Morgan fingerprint density at radius 1 is 0.852 bits per heavy atom. The van der Waals surface area contributed by atoms with Crippen molar-refractivity contribution in [2.24, 2.45) is 0 Å². The Hall–Kier alpha value is -3.73. The van der Waals surface area contributed by atoms with E-state index in [0.717, 1.165) is 5.75 Å². The van der Waals surface area contributed by atoms with E-state index in [1.54, 1.807) is 42.5 Å². The SMILES string of the molecule is O=C(Cn1cnc2ccccc2c1=O)c1ccc(Oc2ccccc2)cc1. The molecular weight excluding hydrogens is 340 g/mol. The van der Waals surface area contributed by atoms with Crippen LogP contribution in [0.25, 0.3) is 10.9 Å². The molecule has 0 aliphatic rings. The van der Waals surface area contributed by atoms with Crippen LogP contribution >= 0.6 is 0 Å². The topological polar surface area (TPSA) is 61.2 Å². The zero-order chi connectivity index (χ0) is 18.6. The van der Waals surface area contributed by atoms with Crippen molar-refractivity contribution < 1.29 is 9.53 Å². The number of ketones is 1. The summed E-state index contributed by atoms with van der Waals surface area (Å²) in [7, 11) is 0. The second-order valence-electron chi connectivity index (χ2n) is 6.06. The van der Waals surface area contributed by atoms with Crippen LogP contribution in [0.15, 0.2) is 90.0 Å². The lowest BCUT2D eigenvalue weighted by molar-refractivity contribution is 0.0970. The van der Waals surface area contributed by atoms with Gasteiger partial charge in [0.05, 0.1) is 23.8 Å². The van der Waals surface area contributed by atoms with Crippen molar-refractivity contribution in [3.05, 3.63) is 101 Å². The van der Waals surface area contributed by atoms with Gasteiger partial charge in [-0.05, 0) is 48.5 Å². The summed E-state index contributed by atoms with van der Waals surface area (Å²) in [4.78, 5) is 29.3. The van der Waals surface area contributed by atoms with Crippen LogP contribution in [0, 0.1) is 0 Å². The molecule has 3 aromatic carbocycles. The Morgan fingerprint density at radius 2 is 1.52 bits per heavy atom. The zero-order valence-electron chi connectivity index (χ0n) is 14.4. The fourth-order valence-electron chi connectivity index (χ4n) is 2.80. The maximum Gasteiger partial charge on any atom is 0.261 e. The number of aromatic nitrogens is 2. The molecule has 0 unspecified atom stereocenters. The number of para-hydroxylation sites is 2. The third-order valence-corrected chi connectivity index (χ3v) is 4.20. The number of nitrogens with zero attached hydrogens (tertiary/aromatic N) is 2. The minimum Gasteiger partial charge on any atom is -0.457 e. The predicted octanol–water partition coefficient (Wildman–Crippen LogP) is 4.07. The van der Waals surface area contributed by atoms with Crippen molar-refractivity contribution in [3.63, 3.8) is 0 Å². The van der Waals surface area contributed by atoms with Gasteiger partial charge in [0.2, 0.25) is 0 Å². The molecule has 0 fully saturated rings. The fourth-order valence-corrected chi connectivity index (χ4v) is 2.80. The molecule has 0 radical (unpaired) electrons. The summed E-state index contributed by atoms with van der Waals surface area (Å²) in [6, 6.07) is 23.4. The van der Waals surface area contributed by atoms with Crippen LogP contribution in [0.2, 0.25) is 0 Å². The summed E-state index contributed by atoms with van der Waals surface area (Å²) in [6.07, 6.45) is 1.41. The second kappa shape index (κ2) is 7.25. The number of carbonyl (C=O) groups is 1. The van der Waals surface area contributed by atoms with E-state index in [2.05, 4.69) is 4.98 Å². The fraction of sp³-hybridized carbons (Fsp3) is 0.0455. The number of Topliss-reactive ketones (excluding diaryl/α,β-unsaturated/α-hetero) is 1. The second-order valence-corrected chi connectivity index (χ2v) is 6.06. The Balaban J connectivity index is 1.52. The monoisotopic (exact) mass is 356 g/mol. The zero-order valence-corrected chi connectivity index (χ0v) is 14.4. The van der Waals surface area contributed by atoms with Gasteiger partial charge >= 0.3 is 0 Å². The highest BCUT2D eigenvalue weighted by Crippen LogP contribution is 2.21. The normalized spacial score (nSPS) is 10.7. The van der Waals surface area contributed by atoms with Crippen LogP contribution in [0.5, 0.6) is 11.5 Å². The van der Waals surface area contributed by atoms with Gasteiger partial charge in [0, 0.05) is 5.56 Å². The molecule has 0 N–H and O–H groups in total. The van der Waals surface area contributed by atoms with Gasteiger partial charge in [-0.3, -0.25) is 14.2 Å². The summed E-state index contributed by atoms with van der Waals surface area (Å²) in [5.41, 5.74) is 0.905. The molecule has 27 heavy (non-hydrogen) atoms.